The fourth-order valence-electron chi connectivity index (χ4n) is 1.15. The second kappa shape index (κ2) is 4.69. The number of ether oxygens (including phenoxy) is 1. The molecule has 0 fully saturated rings. The molecule has 9 heteroatoms. The average molecular weight is 269 g/mol. The minimum atomic E-state index is -5.16. The van der Waals surface area contributed by atoms with Crippen LogP contribution >= 0.6 is 0 Å². The second-order valence-corrected chi connectivity index (χ2v) is 3.20. The zero-order chi connectivity index (χ0) is 14.1. The molecule has 1 aromatic rings. The van der Waals surface area contributed by atoms with Crippen LogP contribution in [0.4, 0.5) is 23.2 Å². The van der Waals surface area contributed by atoms with E-state index in [0.29, 0.717) is 6.07 Å². The number of carboxylic acids is 1. The van der Waals surface area contributed by atoms with Gasteiger partial charge in [0.15, 0.2) is 6.10 Å². The molecule has 0 aromatic heterocycles. The zero-order valence-corrected chi connectivity index (χ0v) is 8.53. The van der Waals surface area contributed by atoms with Crippen molar-refractivity contribution < 1.29 is 37.3 Å². The number of halogens is 4. The van der Waals surface area contributed by atoms with Crippen LogP contribution in [-0.4, -0.2) is 22.5 Å². The summed E-state index contributed by atoms with van der Waals surface area (Å²) in [4.78, 5) is 10.5. The van der Waals surface area contributed by atoms with Gasteiger partial charge in [-0.15, -0.1) is 13.2 Å². The van der Waals surface area contributed by atoms with Crippen LogP contribution < -0.4 is 10.5 Å². The molecular weight excluding hydrogens is 262 g/mol. The molecule has 0 heterocycles. The maximum Gasteiger partial charge on any atom is 0.573 e. The molecule has 0 radical (unpaired) electrons. The summed E-state index contributed by atoms with van der Waals surface area (Å²) in [5.74, 6) is -4.22. The normalized spacial score (nSPS) is 13.2. The highest BCUT2D eigenvalue weighted by molar-refractivity contribution is 5.76. The number of rotatable bonds is 3. The van der Waals surface area contributed by atoms with E-state index in [9.17, 15) is 22.4 Å². The van der Waals surface area contributed by atoms with Crippen LogP contribution in [0.1, 0.15) is 11.7 Å². The monoisotopic (exact) mass is 269 g/mol. The summed E-state index contributed by atoms with van der Waals surface area (Å²) in [5.41, 5.74) is 3.67. The van der Waals surface area contributed by atoms with Crippen LogP contribution in [0.5, 0.6) is 5.75 Å². The highest BCUT2D eigenvalue weighted by atomic mass is 19.4. The van der Waals surface area contributed by atoms with E-state index in [0.717, 1.165) is 0 Å². The van der Waals surface area contributed by atoms with Crippen LogP contribution in [0.15, 0.2) is 12.1 Å². The van der Waals surface area contributed by atoms with Crippen molar-refractivity contribution in [1.82, 2.24) is 0 Å². The molecule has 0 aliphatic heterocycles. The molecule has 0 saturated heterocycles. The van der Waals surface area contributed by atoms with Crippen molar-refractivity contribution in [2.45, 2.75) is 12.5 Å². The molecule has 4 N–H and O–H groups in total. The summed E-state index contributed by atoms with van der Waals surface area (Å²) < 4.78 is 52.5. The first kappa shape index (κ1) is 14.0. The van der Waals surface area contributed by atoms with E-state index in [1.165, 1.54) is 0 Å². The van der Waals surface area contributed by atoms with Gasteiger partial charge in [-0.1, -0.05) is 0 Å². The van der Waals surface area contributed by atoms with E-state index >= 15 is 0 Å². The van der Waals surface area contributed by atoms with Gasteiger partial charge < -0.3 is 20.7 Å². The smallest absolute Gasteiger partial charge is 0.479 e. The number of hydrogen-bond acceptors (Lipinski definition) is 4. The molecule has 0 saturated carbocycles. The van der Waals surface area contributed by atoms with Crippen molar-refractivity contribution in [3.8, 4) is 5.75 Å². The Morgan fingerprint density at radius 2 is 1.94 bits per heavy atom. The molecular formula is C9H7F4NO4. The van der Waals surface area contributed by atoms with E-state index in [1.54, 1.807) is 0 Å². The first-order valence-corrected chi connectivity index (χ1v) is 4.37. The van der Waals surface area contributed by atoms with Crippen molar-refractivity contribution in [3.63, 3.8) is 0 Å². The third-order valence-corrected chi connectivity index (χ3v) is 1.88. The lowest BCUT2D eigenvalue weighted by Gasteiger charge is -2.16. The van der Waals surface area contributed by atoms with E-state index in [4.69, 9.17) is 15.9 Å². The predicted octanol–water partition coefficient (Wildman–Crippen LogP) is 1.42. The van der Waals surface area contributed by atoms with Gasteiger partial charge >= 0.3 is 12.3 Å². The number of benzene rings is 1. The maximum atomic E-state index is 13.0. The number of anilines is 1. The number of hydrogen-bond donors (Lipinski definition) is 3. The predicted molar refractivity (Wildman–Crippen MR) is 50.1 cm³/mol. The maximum absolute atomic E-state index is 13.0. The minimum absolute atomic E-state index is 0.254. The highest BCUT2D eigenvalue weighted by Crippen LogP contribution is 2.33. The lowest BCUT2D eigenvalue weighted by molar-refractivity contribution is -0.275. The van der Waals surface area contributed by atoms with Crippen LogP contribution in [0.25, 0.3) is 0 Å². The highest BCUT2D eigenvalue weighted by Gasteiger charge is 2.34. The van der Waals surface area contributed by atoms with Gasteiger partial charge in [0.05, 0.1) is 5.69 Å². The number of aliphatic hydroxyl groups excluding tert-OH is 1. The largest absolute Gasteiger partial charge is 0.573 e. The fourth-order valence-corrected chi connectivity index (χ4v) is 1.15. The Balaban J connectivity index is 3.29. The summed E-state index contributed by atoms with van der Waals surface area (Å²) in [6, 6.07) is 0.819. The van der Waals surface area contributed by atoms with E-state index in [-0.39, 0.29) is 6.07 Å². The van der Waals surface area contributed by atoms with Crippen LogP contribution in [-0.2, 0) is 4.79 Å². The number of alkyl halides is 3. The molecule has 100 valence electrons. The van der Waals surface area contributed by atoms with Crippen molar-refractivity contribution in [1.29, 1.82) is 0 Å². The molecule has 1 atom stereocenters. The van der Waals surface area contributed by atoms with Crippen molar-refractivity contribution in [2.75, 3.05) is 5.73 Å². The quantitative estimate of drug-likeness (QED) is 0.570. The molecule has 1 unspecified atom stereocenters. The first-order valence-electron chi connectivity index (χ1n) is 4.37. The molecule has 0 spiro atoms. The van der Waals surface area contributed by atoms with Gasteiger partial charge in [-0.25, -0.2) is 9.18 Å². The topological polar surface area (TPSA) is 92.8 Å². The number of nitrogen functional groups attached to an aromatic ring is 1. The summed E-state index contributed by atoms with van der Waals surface area (Å²) in [6.45, 7) is 0. The molecule has 0 amide bonds. The van der Waals surface area contributed by atoms with Crippen molar-refractivity contribution in [3.05, 3.63) is 23.5 Å². The summed E-state index contributed by atoms with van der Waals surface area (Å²) in [5, 5.41) is 17.7. The van der Waals surface area contributed by atoms with Crippen LogP contribution in [0.3, 0.4) is 0 Å². The number of aliphatic carboxylic acids is 1. The number of nitrogens with two attached hydrogens (primary N) is 1. The SMILES string of the molecule is Nc1cc(C(O)C(=O)O)c(OC(F)(F)F)cc1F. The Bertz CT molecular complexity index is 474. The van der Waals surface area contributed by atoms with Crippen molar-refractivity contribution >= 4 is 11.7 Å². The van der Waals surface area contributed by atoms with Crippen LogP contribution in [0, 0.1) is 5.82 Å². The van der Waals surface area contributed by atoms with E-state index in [1.807, 2.05) is 0 Å². The Morgan fingerprint density at radius 3 is 2.39 bits per heavy atom. The van der Waals surface area contributed by atoms with Crippen molar-refractivity contribution in [2.24, 2.45) is 0 Å². The van der Waals surface area contributed by atoms with Gasteiger partial charge in [0.25, 0.3) is 0 Å². The Morgan fingerprint density at radius 1 is 1.39 bits per heavy atom. The van der Waals surface area contributed by atoms with Gasteiger partial charge in [-0.05, 0) is 6.07 Å². The first-order chi connectivity index (χ1) is 8.11. The summed E-state index contributed by atoms with van der Waals surface area (Å²) in [7, 11) is 0. The summed E-state index contributed by atoms with van der Waals surface area (Å²) in [6.07, 6.45) is -7.47. The molecule has 0 aliphatic carbocycles. The van der Waals surface area contributed by atoms with Gasteiger partial charge in [0.1, 0.15) is 11.6 Å². The fraction of sp³-hybridized carbons (Fsp3) is 0.222. The molecule has 0 aliphatic rings. The molecule has 0 bridgehead atoms. The summed E-state index contributed by atoms with van der Waals surface area (Å²) >= 11 is 0. The average Bonchev–Trinajstić information content (AvgIpc) is 2.19. The third-order valence-electron chi connectivity index (χ3n) is 1.88. The van der Waals surface area contributed by atoms with Crippen LogP contribution in [0.2, 0.25) is 0 Å². The Hall–Kier alpha value is -2.03. The van der Waals surface area contributed by atoms with Gasteiger partial charge in [0, 0.05) is 11.6 Å². The lowest BCUT2D eigenvalue weighted by atomic mass is 10.1. The Kier molecular flexibility index (Phi) is 3.65. The van der Waals surface area contributed by atoms with Gasteiger partial charge in [-0.2, -0.15) is 0 Å². The standard InChI is InChI=1S/C9H7F4NO4/c10-4-2-6(18-9(11,12)13)3(1-5(4)14)7(15)8(16)17/h1-2,7,15H,14H2,(H,16,17). The minimum Gasteiger partial charge on any atom is -0.479 e. The lowest BCUT2D eigenvalue weighted by Crippen LogP contribution is -2.20. The van der Waals surface area contributed by atoms with E-state index < -0.39 is 41.3 Å². The molecule has 1 aromatic carbocycles. The molecule has 18 heavy (non-hydrogen) atoms. The number of carbonyl (C=O) groups is 1. The van der Waals surface area contributed by atoms with Gasteiger partial charge in [0.2, 0.25) is 0 Å². The number of carboxylic acid groups (broad SMARTS) is 1. The molecule has 1 rings (SSSR count). The third kappa shape index (κ3) is 3.23. The zero-order valence-electron chi connectivity index (χ0n) is 8.53. The second-order valence-electron chi connectivity index (χ2n) is 3.20. The Labute approximate surface area is 97.4 Å². The number of aliphatic hydroxyl groups is 1. The van der Waals surface area contributed by atoms with Gasteiger partial charge in [-0.3, -0.25) is 0 Å². The van der Waals surface area contributed by atoms with E-state index in [2.05, 4.69) is 4.74 Å². The molecule has 5 nitrogen and oxygen atoms in total.